The first-order valence-electron chi connectivity index (χ1n) is 4.84. The number of alkyl halides is 3. The second-order valence-electron chi connectivity index (χ2n) is 3.46. The van der Waals surface area contributed by atoms with E-state index >= 15 is 0 Å². The molecule has 0 radical (unpaired) electrons. The number of hydrogen-bond donors (Lipinski definition) is 1. The van der Waals surface area contributed by atoms with Crippen molar-refractivity contribution in [1.29, 1.82) is 0 Å². The number of carbonyl (C=O) groups is 1. The maximum absolute atomic E-state index is 10.6. The van der Waals surface area contributed by atoms with Crippen LogP contribution in [0, 0.1) is 13.8 Å². The summed E-state index contributed by atoms with van der Waals surface area (Å²) in [5, 5.41) is 7.12. The van der Waals surface area contributed by atoms with E-state index in [4.69, 9.17) is 14.3 Å². The zero-order valence-electron chi connectivity index (χ0n) is 9.58. The van der Waals surface area contributed by atoms with E-state index in [0.717, 1.165) is 17.0 Å². The number of oxazole rings is 1. The first kappa shape index (κ1) is 14.0. The monoisotopic (exact) mass is 261 g/mol. The molecule has 0 saturated heterocycles. The van der Waals surface area contributed by atoms with Crippen LogP contribution in [0.2, 0.25) is 0 Å². The highest BCUT2D eigenvalue weighted by Crippen LogP contribution is 2.17. The molecule has 0 saturated carbocycles. The van der Waals surface area contributed by atoms with Gasteiger partial charge >= 0.3 is 12.1 Å². The van der Waals surface area contributed by atoms with Gasteiger partial charge in [0.25, 0.3) is 0 Å². The van der Waals surface area contributed by atoms with E-state index in [1.807, 2.05) is 32.0 Å². The molecular weight excluding hydrogens is 251 g/mol. The number of fused-ring (bicyclic) bond motifs is 1. The van der Waals surface area contributed by atoms with Crippen molar-refractivity contribution >= 4 is 17.1 Å². The lowest BCUT2D eigenvalue weighted by molar-refractivity contribution is -0.192. The van der Waals surface area contributed by atoms with Gasteiger partial charge < -0.3 is 9.52 Å². The number of rotatable bonds is 0. The van der Waals surface area contributed by atoms with E-state index < -0.39 is 12.1 Å². The standard InChI is InChI=1S/C9H9NO.C2HF3O2/c1-6-4-3-5-8-9(6)10-7(2)11-8;3-2(4,5)1(6)7/h3-5H,1-2H3;(H,6,7). The maximum atomic E-state index is 10.6. The van der Waals surface area contributed by atoms with Gasteiger partial charge in [0.15, 0.2) is 11.5 Å². The van der Waals surface area contributed by atoms with Crippen molar-refractivity contribution < 1.29 is 27.5 Å². The third-order valence-electron chi connectivity index (χ3n) is 1.97. The fraction of sp³-hybridized carbons (Fsp3) is 0.273. The van der Waals surface area contributed by atoms with Crippen LogP contribution in [0.3, 0.4) is 0 Å². The van der Waals surface area contributed by atoms with E-state index in [1.54, 1.807) is 0 Å². The molecule has 4 nitrogen and oxygen atoms in total. The molecule has 98 valence electrons. The molecule has 0 aliphatic carbocycles. The molecule has 0 fully saturated rings. The summed E-state index contributed by atoms with van der Waals surface area (Å²) >= 11 is 0. The minimum Gasteiger partial charge on any atom is -0.475 e. The van der Waals surface area contributed by atoms with E-state index in [1.165, 1.54) is 5.56 Å². The molecule has 1 N–H and O–H groups in total. The molecule has 0 bridgehead atoms. The molecule has 0 amide bonds. The van der Waals surface area contributed by atoms with E-state index in [9.17, 15) is 13.2 Å². The molecule has 1 aromatic heterocycles. The van der Waals surface area contributed by atoms with Crippen LogP contribution < -0.4 is 0 Å². The number of aryl methyl sites for hydroxylation is 2. The summed E-state index contributed by atoms with van der Waals surface area (Å²) < 4.78 is 37.1. The van der Waals surface area contributed by atoms with Crippen LogP contribution in [-0.4, -0.2) is 22.2 Å². The lowest BCUT2D eigenvalue weighted by atomic mass is 10.2. The second-order valence-corrected chi connectivity index (χ2v) is 3.46. The van der Waals surface area contributed by atoms with Crippen molar-refractivity contribution in [2.24, 2.45) is 0 Å². The van der Waals surface area contributed by atoms with Crippen LogP contribution in [0.1, 0.15) is 11.5 Å². The number of benzene rings is 1. The fourth-order valence-corrected chi connectivity index (χ4v) is 1.20. The third-order valence-corrected chi connectivity index (χ3v) is 1.97. The number of aromatic nitrogens is 1. The van der Waals surface area contributed by atoms with Crippen LogP contribution >= 0.6 is 0 Å². The highest BCUT2D eigenvalue weighted by Gasteiger charge is 2.38. The molecule has 0 aliphatic heterocycles. The van der Waals surface area contributed by atoms with Crippen LogP contribution in [0.5, 0.6) is 0 Å². The summed E-state index contributed by atoms with van der Waals surface area (Å²) in [6.45, 7) is 3.89. The van der Waals surface area contributed by atoms with Crippen molar-refractivity contribution in [3.63, 3.8) is 0 Å². The topological polar surface area (TPSA) is 63.3 Å². The van der Waals surface area contributed by atoms with E-state index in [0.29, 0.717) is 0 Å². The Bertz CT molecular complexity index is 560. The Kier molecular flexibility index (Phi) is 3.95. The predicted molar refractivity (Wildman–Crippen MR) is 57.2 cm³/mol. The molecule has 7 heteroatoms. The Hall–Kier alpha value is -2.05. The van der Waals surface area contributed by atoms with Gasteiger partial charge in [-0.1, -0.05) is 12.1 Å². The highest BCUT2D eigenvalue weighted by atomic mass is 19.4. The minimum absolute atomic E-state index is 0.731. The SMILES string of the molecule is Cc1nc2c(C)cccc2o1.O=C(O)C(F)(F)F. The van der Waals surface area contributed by atoms with Gasteiger partial charge in [0.2, 0.25) is 0 Å². The molecule has 2 rings (SSSR count). The molecule has 0 unspecified atom stereocenters. The third kappa shape index (κ3) is 3.47. The summed E-state index contributed by atoms with van der Waals surface area (Å²) in [6, 6.07) is 5.94. The highest BCUT2D eigenvalue weighted by molar-refractivity contribution is 5.76. The van der Waals surface area contributed by atoms with Gasteiger partial charge in [0, 0.05) is 6.92 Å². The smallest absolute Gasteiger partial charge is 0.475 e. The predicted octanol–water partition coefficient (Wildman–Crippen LogP) is 3.08. The first-order chi connectivity index (χ1) is 8.21. The van der Waals surface area contributed by atoms with Crippen LogP contribution in [0.4, 0.5) is 13.2 Å². The number of hydrogen-bond acceptors (Lipinski definition) is 3. The van der Waals surface area contributed by atoms with Crippen LogP contribution in [0.25, 0.3) is 11.1 Å². The summed E-state index contributed by atoms with van der Waals surface area (Å²) in [7, 11) is 0. The quantitative estimate of drug-likeness (QED) is 0.791. The minimum atomic E-state index is -5.08. The van der Waals surface area contributed by atoms with Crippen molar-refractivity contribution in [3.05, 3.63) is 29.7 Å². The zero-order chi connectivity index (χ0) is 13.9. The molecule has 0 atom stereocenters. The lowest BCUT2D eigenvalue weighted by Gasteiger charge is -1.93. The van der Waals surface area contributed by atoms with Gasteiger partial charge in [-0.05, 0) is 18.6 Å². The lowest BCUT2D eigenvalue weighted by Crippen LogP contribution is -2.21. The van der Waals surface area contributed by atoms with E-state index in [-0.39, 0.29) is 0 Å². The first-order valence-corrected chi connectivity index (χ1v) is 4.84. The Balaban J connectivity index is 0.000000203. The zero-order valence-corrected chi connectivity index (χ0v) is 9.58. The Morgan fingerprint density at radius 2 is 1.89 bits per heavy atom. The van der Waals surface area contributed by atoms with Crippen molar-refractivity contribution in [3.8, 4) is 0 Å². The second kappa shape index (κ2) is 5.07. The average molecular weight is 261 g/mol. The summed E-state index contributed by atoms with van der Waals surface area (Å²) in [5.41, 5.74) is 3.02. The van der Waals surface area contributed by atoms with Crippen molar-refractivity contribution in [2.45, 2.75) is 20.0 Å². The maximum Gasteiger partial charge on any atom is 0.490 e. The Morgan fingerprint density at radius 1 is 1.33 bits per heavy atom. The van der Waals surface area contributed by atoms with Crippen LogP contribution in [-0.2, 0) is 4.79 Å². The van der Waals surface area contributed by atoms with E-state index in [2.05, 4.69) is 4.98 Å². The summed E-state index contributed by atoms with van der Waals surface area (Å²) in [6.07, 6.45) is -5.08. The Labute approximate surface area is 100 Å². The molecule has 1 aromatic carbocycles. The number of aliphatic carboxylic acids is 1. The fourth-order valence-electron chi connectivity index (χ4n) is 1.20. The number of carboxylic acid groups (broad SMARTS) is 1. The summed E-state index contributed by atoms with van der Waals surface area (Å²) in [4.78, 5) is 13.1. The van der Waals surface area contributed by atoms with Gasteiger partial charge in [-0.25, -0.2) is 9.78 Å². The van der Waals surface area contributed by atoms with Crippen molar-refractivity contribution in [1.82, 2.24) is 4.98 Å². The molecular formula is C11H10F3NO3. The number of para-hydroxylation sites is 1. The number of nitrogens with zero attached hydrogens (tertiary/aromatic N) is 1. The number of halogens is 3. The Morgan fingerprint density at radius 3 is 2.33 bits per heavy atom. The molecule has 0 aliphatic rings. The summed E-state index contributed by atoms with van der Waals surface area (Å²) in [5.74, 6) is -2.03. The number of carboxylic acids is 1. The molecule has 0 spiro atoms. The van der Waals surface area contributed by atoms with Gasteiger partial charge in [-0.15, -0.1) is 0 Å². The van der Waals surface area contributed by atoms with Gasteiger partial charge in [0.1, 0.15) is 5.52 Å². The van der Waals surface area contributed by atoms with Crippen LogP contribution in [0.15, 0.2) is 22.6 Å². The van der Waals surface area contributed by atoms with Gasteiger partial charge in [-0.2, -0.15) is 13.2 Å². The normalized spacial score (nSPS) is 10.9. The average Bonchev–Trinajstić information content (AvgIpc) is 2.59. The molecule has 18 heavy (non-hydrogen) atoms. The van der Waals surface area contributed by atoms with Gasteiger partial charge in [0.05, 0.1) is 0 Å². The largest absolute Gasteiger partial charge is 0.490 e. The van der Waals surface area contributed by atoms with Gasteiger partial charge in [-0.3, -0.25) is 0 Å². The van der Waals surface area contributed by atoms with Crippen molar-refractivity contribution in [2.75, 3.05) is 0 Å². The molecule has 2 aromatic rings. The molecule has 1 heterocycles.